The smallest absolute Gasteiger partial charge is 0.329 e. The van der Waals surface area contributed by atoms with Crippen LogP contribution in [0.1, 0.15) is 40.0 Å². The number of aliphatic carboxylic acids is 1. The number of hydrogen-bond acceptors (Lipinski definition) is 6. The number of nitrogens with two attached hydrogens (primary N) is 1. The lowest BCUT2D eigenvalue weighted by atomic mass is 9.90. The standard InChI is InChI=1S/C16H28N2O5S/c1-9-5-6-16(2,3)13(9)24-8-11(15(22)23-4)18-14(21)10(17)7-12(19)20/h9-11,13H,5-8,17H2,1-4H3,(H,18,21)(H,19,20)/t9?,10-,11-,13?/m0/s1. The van der Waals surface area contributed by atoms with E-state index in [-0.39, 0.29) is 5.41 Å². The van der Waals surface area contributed by atoms with Gasteiger partial charge in [-0.05, 0) is 24.2 Å². The van der Waals surface area contributed by atoms with Crippen LogP contribution in [0.2, 0.25) is 0 Å². The van der Waals surface area contributed by atoms with Gasteiger partial charge < -0.3 is 20.9 Å². The lowest BCUT2D eigenvalue weighted by Crippen LogP contribution is -2.50. The van der Waals surface area contributed by atoms with Crippen LogP contribution in [0, 0.1) is 11.3 Å². The normalized spacial score (nSPS) is 24.9. The molecule has 1 aliphatic rings. The Morgan fingerprint density at radius 3 is 2.50 bits per heavy atom. The molecule has 7 nitrogen and oxygen atoms in total. The Hall–Kier alpha value is -1.28. The second kappa shape index (κ2) is 8.71. The summed E-state index contributed by atoms with van der Waals surface area (Å²) < 4.78 is 4.74. The van der Waals surface area contributed by atoms with Gasteiger partial charge in [-0.25, -0.2) is 4.79 Å². The van der Waals surface area contributed by atoms with Crippen LogP contribution in [0.3, 0.4) is 0 Å². The van der Waals surface area contributed by atoms with E-state index in [0.29, 0.717) is 16.9 Å². The molecule has 1 saturated carbocycles. The number of carbonyl (C=O) groups is 3. The molecule has 0 bridgehead atoms. The number of methoxy groups -OCH3 is 1. The first kappa shape index (κ1) is 20.8. The monoisotopic (exact) mass is 360 g/mol. The van der Waals surface area contributed by atoms with Crippen LogP contribution in [-0.4, -0.2) is 53.1 Å². The molecule has 0 radical (unpaired) electrons. The SMILES string of the molecule is COC(=O)[C@H](CSC1C(C)CCC1(C)C)NC(=O)[C@@H](N)CC(=O)O. The zero-order valence-electron chi connectivity index (χ0n) is 14.7. The molecule has 0 spiro atoms. The zero-order valence-corrected chi connectivity index (χ0v) is 15.5. The van der Waals surface area contributed by atoms with Crippen molar-refractivity contribution in [2.75, 3.05) is 12.9 Å². The summed E-state index contributed by atoms with van der Waals surface area (Å²) in [5.74, 6) is -1.47. The van der Waals surface area contributed by atoms with Crippen molar-refractivity contribution in [2.45, 2.75) is 57.4 Å². The van der Waals surface area contributed by atoms with Crippen LogP contribution in [0.25, 0.3) is 0 Å². The number of ether oxygens (including phenoxy) is 1. The molecule has 138 valence electrons. The highest BCUT2D eigenvalue weighted by molar-refractivity contribution is 8.00. The fraction of sp³-hybridized carbons (Fsp3) is 0.812. The predicted molar refractivity (Wildman–Crippen MR) is 92.6 cm³/mol. The highest BCUT2D eigenvalue weighted by Gasteiger charge is 2.40. The average molecular weight is 360 g/mol. The Bertz CT molecular complexity index is 483. The molecule has 0 heterocycles. The van der Waals surface area contributed by atoms with E-state index in [1.807, 2.05) is 0 Å². The zero-order chi connectivity index (χ0) is 18.5. The number of carboxylic acids is 1. The van der Waals surface area contributed by atoms with Crippen molar-refractivity contribution >= 4 is 29.6 Å². The number of carboxylic acid groups (broad SMARTS) is 1. The van der Waals surface area contributed by atoms with Crippen molar-refractivity contribution in [3.05, 3.63) is 0 Å². The van der Waals surface area contributed by atoms with E-state index >= 15 is 0 Å². The number of esters is 1. The summed E-state index contributed by atoms with van der Waals surface area (Å²) in [7, 11) is 1.26. The van der Waals surface area contributed by atoms with Crippen LogP contribution in [0.4, 0.5) is 0 Å². The van der Waals surface area contributed by atoms with Gasteiger partial charge in [0, 0.05) is 11.0 Å². The van der Waals surface area contributed by atoms with Gasteiger partial charge in [0.15, 0.2) is 0 Å². The molecule has 0 aromatic rings. The second-order valence-electron chi connectivity index (χ2n) is 7.05. The first-order valence-corrected chi connectivity index (χ1v) is 9.10. The van der Waals surface area contributed by atoms with Crippen LogP contribution < -0.4 is 11.1 Å². The molecule has 2 unspecified atom stereocenters. The van der Waals surface area contributed by atoms with Crippen molar-refractivity contribution in [1.82, 2.24) is 5.32 Å². The minimum atomic E-state index is -1.19. The lowest BCUT2D eigenvalue weighted by Gasteiger charge is -2.30. The summed E-state index contributed by atoms with van der Waals surface area (Å²) in [6, 6.07) is -2.03. The summed E-state index contributed by atoms with van der Waals surface area (Å²) in [6.45, 7) is 6.62. The number of amides is 1. The van der Waals surface area contributed by atoms with Gasteiger partial charge in [0.25, 0.3) is 0 Å². The van der Waals surface area contributed by atoms with E-state index in [2.05, 4.69) is 26.1 Å². The minimum absolute atomic E-state index is 0.175. The molecule has 1 rings (SSSR count). The van der Waals surface area contributed by atoms with Crippen LogP contribution in [0.5, 0.6) is 0 Å². The molecule has 0 aliphatic heterocycles. The third-order valence-corrected chi connectivity index (χ3v) is 6.49. The molecular formula is C16H28N2O5S. The molecule has 4 N–H and O–H groups in total. The van der Waals surface area contributed by atoms with Crippen molar-refractivity contribution in [1.29, 1.82) is 0 Å². The van der Waals surface area contributed by atoms with Gasteiger partial charge >= 0.3 is 11.9 Å². The maximum absolute atomic E-state index is 12.0. The van der Waals surface area contributed by atoms with Crippen molar-refractivity contribution in [2.24, 2.45) is 17.1 Å². The van der Waals surface area contributed by atoms with E-state index in [9.17, 15) is 14.4 Å². The van der Waals surface area contributed by atoms with E-state index in [4.69, 9.17) is 15.6 Å². The van der Waals surface area contributed by atoms with Gasteiger partial charge in [0.2, 0.25) is 5.91 Å². The maximum Gasteiger partial charge on any atom is 0.329 e. The summed E-state index contributed by atoms with van der Waals surface area (Å²) >= 11 is 1.65. The van der Waals surface area contributed by atoms with Crippen molar-refractivity contribution < 1.29 is 24.2 Å². The Kier molecular flexibility index (Phi) is 7.54. The molecule has 0 aromatic heterocycles. The van der Waals surface area contributed by atoms with E-state index in [1.54, 1.807) is 11.8 Å². The minimum Gasteiger partial charge on any atom is -0.481 e. The number of carbonyl (C=O) groups excluding carboxylic acids is 2. The first-order chi connectivity index (χ1) is 11.1. The molecular weight excluding hydrogens is 332 g/mol. The molecule has 8 heteroatoms. The number of thioether (sulfide) groups is 1. The highest BCUT2D eigenvalue weighted by atomic mass is 32.2. The topological polar surface area (TPSA) is 119 Å². The van der Waals surface area contributed by atoms with Gasteiger partial charge in [0.05, 0.1) is 19.6 Å². The number of nitrogens with one attached hydrogen (secondary N) is 1. The molecule has 4 atom stereocenters. The van der Waals surface area contributed by atoms with E-state index in [1.165, 1.54) is 7.11 Å². The van der Waals surface area contributed by atoms with E-state index in [0.717, 1.165) is 12.8 Å². The number of hydrogen-bond donors (Lipinski definition) is 3. The van der Waals surface area contributed by atoms with Gasteiger partial charge in [-0.15, -0.1) is 0 Å². The summed E-state index contributed by atoms with van der Waals surface area (Å²) in [6.07, 6.45) is 1.79. The second-order valence-corrected chi connectivity index (χ2v) is 8.22. The Morgan fingerprint density at radius 1 is 1.42 bits per heavy atom. The van der Waals surface area contributed by atoms with Gasteiger partial charge in [-0.2, -0.15) is 11.8 Å². The molecule has 0 aromatic carbocycles. The fourth-order valence-corrected chi connectivity index (χ4v) is 4.78. The largest absolute Gasteiger partial charge is 0.481 e. The molecule has 0 saturated heterocycles. The van der Waals surface area contributed by atoms with Crippen LogP contribution in [-0.2, 0) is 19.1 Å². The molecule has 1 amide bonds. The van der Waals surface area contributed by atoms with Crippen molar-refractivity contribution in [3.8, 4) is 0 Å². The molecule has 24 heavy (non-hydrogen) atoms. The quantitative estimate of drug-likeness (QED) is 0.553. The third kappa shape index (κ3) is 5.66. The predicted octanol–water partition coefficient (Wildman–Crippen LogP) is 1.00. The molecule has 1 fully saturated rings. The van der Waals surface area contributed by atoms with Gasteiger partial charge in [-0.1, -0.05) is 20.8 Å². The Balaban J connectivity index is 2.67. The van der Waals surface area contributed by atoms with Gasteiger partial charge in [-0.3, -0.25) is 9.59 Å². The molecule has 1 aliphatic carbocycles. The van der Waals surface area contributed by atoms with Crippen molar-refractivity contribution in [3.63, 3.8) is 0 Å². The fourth-order valence-electron chi connectivity index (χ4n) is 3.12. The van der Waals surface area contributed by atoms with Crippen LogP contribution >= 0.6 is 11.8 Å². The summed E-state index contributed by atoms with van der Waals surface area (Å²) in [4.78, 5) is 34.6. The third-order valence-electron chi connectivity index (χ3n) is 4.51. The summed E-state index contributed by atoms with van der Waals surface area (Å²) in [5, 5.41) is 11.6. The Labute approximate surface area is 147 Å². The van der Waals surface area contributed by atoms with Gasteiger partial charge in [0.1, 0.15) is 6.04 Å². The maximum atomic E-state index is 12.0. The van der Waals surface area contributed by atoms with Crippen LogP contribution in [0.15, 0.2) is 0 Å². The highest BCUT2D eigenvalue weighted by Crippen LogP contribution is 2.47. The Morgan fingerprint density at radius 2 is 2.04 bits per heavy atom. The average Bonchev–Trinajstić information content (AvgIpc) is 2.75. The number of rotatable bonds is 8. The lowest BCUT2D eigenvalue weighted by molar-refractivity contribution is -0.144. The van der Waals surface area contributed by atoms with E-state index < -0.39 is 36.4 Å². The summed E-state index contributed by atoms with van der Waals surface area (Å²) in [5.41, 5.74) is 5.71. The first-order valence-electron chi connectivity index (χ1n) is 8.05.